The lowest BCUT2D eigenvalue weighted by molar-refractivity contribution is 0.0914. The number of nitrogens with zero attached hydrogens (tertiary/aromatic N) is 4. The summed E-state index contributed by atoms with van der Waals surface area (Å²) in [6.45, 7) is 3.38. The Morgan fingerprint density at radius 1 is 1.25 bits per heavy atom. The zero-order chi connectivity index (χ0) is 25.1. The highest BCUT2D eigenvalue weighted by Gasteiger charge is 2.36. The third-order valence-corrected chi connectivity index (χ3v) is 8.79. The number of hydrogen-bond donors (Lipinski definition) is 2. The molecule has 13 heteroatoms. The zero-order valence-corrected chi connectivity index (χ0v) is 21.2. The minimum absolute atomic E-state index is 0.00934. The SMILES string of the molecule is CCOc1cncc(-c2cnc(C(=O)NC(c3cc(NS(=O)(=O)C4CC4)ccn3)C3CCOC3)s2)n1. The van der Waals surface area contributed by atoms with Crippen LogP contribution in [0.25, 0.3) is 10.6 Å². The largest absolute Gasteiger partial charge is 0.477 e. The van der Waals surface area contributed by atoms with Crippen LogP contribution in [0, 0.1) is 5.92 Å². The molecule has 0 spiro atoms. The van der Waals surface area contributed by atoms with Crippen molar-refractivity contribution in [3.8, 4) is 16.5 Å². The molecule has 5 rings (SSSR count). The van der Waals surface area contributed by atoms with E-state index in [1.165, 1.54) is 17.5 Å². The number of thiazole rings is 1. The first-order valence-electron chi connectivity index (χ1n) is 11.7. The summed E-state index contributed by atoms with van der Waals surface area (Å²) in [6, 6.07) is 2.81. The van der Waals surface area contributed by atoms with Gasteiger partial charge < -0.3 is 14.8 Å². The number of nitrogens with one attached hydrogen (secondary N) is 2. The van der Waals surface area contributed by atoms with Gasteiger partial charge in [-0.25, -0.2) is 18.4 Å². The molecule has 3 aromatic rings. The first-order chi connectivity index (χ1) is 17.4. The van der Waals surface area contributed by atoms with Crippen LogP contribution in [0.2, 0.25) is 0 Å². The van der Waals surface area contributed by atoms with Crippen molar-refractivity contribution in [1.29, 1.82) is 0 Å². The Labute approximate surface area is 212 Å². The summed E-state index contributed by atoms with van der Waals surface area (Å²) < 4.78 is 38.4. The third-order valence-electron chi connectivity index (χ3n) is 5.90. The quantitative estimate of drug-likeness (QED) is 0.404. The molecule has 11 nitrogen and oxygen atoms in total. The van der Waals surface area contributed by atoms with Gasteiger partial charge in [0.05, 0.1) is 53.2 Å². The molecule has 0 bridgehead atoms. The fourth-order valence-corrected chi connectivity index (χ4v) is 6.09. The predicted octanol–water partition coefficient (Wildman–Crippen LogP) is 2.81. The summed E-state index contributed by atoms with van der Waals surface area (Å²) in [5, 5.41) is 2.97. The molecule has 1 amide bonds. The van der Waals surface area contributed by atoms with Crippen LogP contribution >= 0.6 is 11.3 Å². The second-order valence-electron chi connectivity index (χ2n) is 8.60. The van der Waals surface area contributed by atoms with E-state index in [2.05, 4.69) is 30.0 Å². The Kier molecular flexibility index (Phi) is 7.12. The van der Waals surface area contributed by atoms with Crippen molar-refractivity contribution in [3.63, 3.8) is 0 Å². The highest BCUT2D eigenvalue weighted by atomic mass is 32.2. The summed E-state index contributed by atoms with van der Waals surface area (Å²) in [4.78, 5) is 31.2. The van der Waals surface area contributed by atoms with E-state index < -0.39 is 16.1 Å². The van der Waals surface area contributed by atoms with Crippen molar-refractivity contribution in [2.24, 2.45) is 5.92 Å². The molecule has 1 aliphatic carbocycles. The molecule has 0 aromatic carbocycles. The maximum Gasteiger partial charge on any atom is 0.280 e. The second-order valence-corrected chi connectivity index (χ2v) is 11.6. The van der Waals surface area contributed by atoms with E-state index in [9.17, 15) is 13.2 Å². The Morgan fingerprint density at radius 2 is 2.11 bits per heavy atom. The summed E-state index contributed by atoms with van der Waals surface area (Å²) in [6.07, 6.45) is 8.33. The molecule has 4 heterocycles. The van der Waals surface area contributed by atoms with Crippen LogP contribution in [-0.2, 0) is 14.8 Å². The van der Waals surface area contributed by atoms with E-state index in [4.69, 9.17) is 9.47 Å². The first-order valence-corrected chi connectivity index (χ1v) is 14.1. The molecular formula is C23H26N6O5S2. The molecule has 2 N–H and O–H groups in total. The number of amides is 1. The van der Waals surface area contributed by atoms with Crippen molar-refractivity contribution >= 4 is 33.0 Å². The molecule has 0 radical (unpaired) electrons. The number of pyridine rings is 1. The molecule has 36 heavy (non-hydrogen) atoms. The molecule has 1 saturated carbocycles. The topological polar surface area (TPSA) is 145 Å². The van der Waals surface area contributed by atoms with Crippen molar-refractivity contribution < 1.29 is 22.7 Å². The van der Waals surface area contributed by atoms with Crippen LogP contribution in [0.4, 0.5) is 5.69 Å². The lowest BCUT2D eigenvalue weighted by atomic mass is 9.95. The Morgan fingerprint density at radius 3 is 2.86 bits per heavy atom. The van der Waals surface area contributed by atoms with Gasteiger partial charge >= 0.3 is 0 Å². The van der Waals surface area contributed by atoms with Gasteiger partial charge in [0.15, 0.2) is 5.01 Å². The van der Waals surface area contributed by atoms with Gasteiger partial charge in [0.25, 0.3) is 5.91 Å². The van der Waals surface area contributed by atoms with Crippen LogP contribution in [-0.4, -0.2) is 59.3 Å². The number of aromatic nitrogens is 4. The Bertz CT molecular complexity index is 1340. The molecule has 1 aliphatic heterocycles. The van der Waals surface area contributed by atoms with Crippen molar-refractivity contribution in [1.82, 2.24) is 25.3 Å². The van der Waals surface area contributed by atoms with Crippen molar-refractivity contribution in [2.75, 3.05) is 24.5 Å². The summed E-state index contributed by atoms with van der Waals surface area (Å²) in [5.41, 5.74) is 1.55. The van der Waals surface area contributed by atoms with Crippen molar-refractivity contribution in [2.45, 2.75) is 37.5 Å². The molecule has 2 fully saturated rings. The van der Waals surface area contributed by atoms with Gasteiger partial charge in [-0.3, -0.25) is 19.5 Å². The molecule has 2 aliphatic rings. The summed E-state index contributed by atoms with van der Waals surface area (Å²) >= 11 is 1.20. The van der Waals surface area contributed by atoms with Crippen LogP contribution < -0.4 is 14.8 Å². The fraction of sp³-hybridized carbons (Fsp3) is 0.435. The van der Waals surface area contributed by atoms with E-state index in [-0.39, 0.29) is 22.1 Å². The average Bonchev–Trinajstić information content (AvgIpc) is 3.38. The maximum absolute atomic E-state index is 13.2. The van der Waals surface area contributed by atoms with E-state index in [1.54, 1.807) is 30.7 Å². The van der Waals surface area contributed by atoms with Crippen LogP contribution in [0.15, 0.2) is 36.9 Å². The van der Waals surface area contributed by atoms with E-state index in [0.717, 1.165) is 6.42 Å². The fourth-order valence-electron chi connectivity index (χ4n) is 3.94. The number of carbonyl (C=O) groups is 1. The highest BCUT2D eigenvalue weighted by molar-refractivity contribution is 7.93. The van der Waals surface area contributed by atoms with Gasteiger partial charge in [0, 0.05) is 24.9 Å². The van der Waals surface area contributed by atoms with Gasteiger partial charge in [-0.15, -0.1) is 11.3 Å². The smallest absolute Gasteiger partial charge is 0.280 e. The van der Waals surface area contributed by atoms with E-state index in [1.807, 2.05) is 6.92 Å². The van der Waals surface area contributed by atoms with Gasteiger partial charge in [-0.2, -0.15) is 0 Å². The highest BCUT2D eigenvalue weighted by Crippen LogP contribution is 2.33. The minimum atomic E-state index is -3.42. The molecule has 3 aromatic heterocycles. The van der Waals surface area contributed by atoms with Gasteiger partial charge in [-0.1, -0.05) is 0 Å². The number of hydrogen-bond acceptors (Lipinski definition) is 10. The second kappa shape index (κ2) is 10.4. The average molecular weight is 531 g/mol. The monoisotopic (exact) mass is 530 g/mol. The zero-order valence-electron chi connectivity index (χ0n) is 19.6. The van der Waals surface area contributed by atoms with Crippen LogP contribution in [0.1, 0.15) is 47.7 Å². The number of anilines is 1. The van der Waals surface area contributed by atoms with E-state index in [0.29, 0.717) is 60.5 Å². The van der Waals surface area contributed by atoms with E-state index >= 15 is 0 Å². The molecule has 190 valence electrons. The Hall–Kier alpha value is -3.16. The first kappa shape index (κ1) is 24.5. The van der Waals surface area contributed by atoms with Crippen LogP contribution in [0.5, 0.6) is 5.88 Å². The molecular weight excluding hydrogens is 504 g/mol. The standard InChI is InChI=1S/C23H26N6O5S2/c1-2-34-20-12-24-10-18(27-20)19-11-26-23(35-19)22(30)28-21(14-6-8-33-13-14)17-9-15(5-7-25-17)29-36(31,32)16-3-4-16/h5,7,9-12,14,16,21H,2-4,6,8,13H2,1H3,(H,25,29)(H,28,30). The number of sulfonamides is 1. The summed E-state index contributed by atoms with van der Waals surface area (Å²) in [5.74, 6) is 0.0340. The maximum atomic E-state index is 13.2. The number of carbonyl (C=O) groups excluding carboxylic acids is 1. The van der Waals surface area contributed by atoms with Crippen molar-refractivity contribution in [3.05, 3.63) is 47.6 Å². The molecule has 2 atom stereocenters. The Balaban J connectivity index is 1.35. The van der Waals surface area contributed by atoms with Gasteiger partial charge in [-0.05, 0) is 38.3 Å². The molecule has 1 saturated heterocycles. The normalized spacial score (nSPS) is 18.5. The number of rotatable bonds is 10. The number of ether oxygens (including phenoxy) is 2. The predicted molar refractivity (Wildman–Crippen MR) is 133 cm³/mol. The lowest BCUT2D eigenvalue weighted by Gasteiger charge is -2.23. The van der Waals surface area contributed by atoms with Gasteiger partial charge in [0.1, 0.15) is 5.69 Å². The van der Waals surface area contributed by atoms with Gasteiger partial charge in [0.2, 0.25) is 15.9 Å². The van der Waals surface area contributed by atoms with Crippen LogP contribution in [0.3, 0.4) is 0 Å². The molecule has 2 unspecified atom stereocenters. The summed E-state index contributed by atoms with van der Waals surface area (Å²) in [7, 11) is -3.42. The lowest BCUT2D eigenvalue weighted by Crippen LogP contribution is -2.34. The minimum Gasteiger partial charge on any atom is -0.477 e. The third kappa shape index (κ3) is 5.63.